The number of benzene rings is 1. The number of alkyl halides is 3. The molecule has 4 rings (SSSR count). The summed E-state index contributed by atoms with van der Waals surface area (Å²) in [7, 11) is 0. The van der Waals surface area contributed by atoms with Gasteiger partial charge in [-0.1, -0.05) is 6.07 Å². The maximum Gasteiger partial charge on any atom is 0.416 e. The van der Waals surface area contributed by atoms with Crippen molar-refractivity contribution in [2.75, 3.05) is 0 Å². The Balaban J connectivity index is 1.81. The molecule has 0 atom stereocenters. The smallest absolute Gasteiger partial charge is 0.416 e. The molecule has 6 nitrogen and oxygen atoms in total. The Morgan fingerprint density at radius 1 is 0.963 bits per heavy atom. The van der Waals surface area contributed by atoms with Crippen LogP contribution in [0.3, 0.4) is 0 Å². The monoisotopic (exact) mass is 371 g/mol. The molecule has 0 N–H and O–H groups in total. The number of halogens is 3. The fraction of sp³-hybridized carbons (Fsp3) is 0.111. The van der Waals surface area contributed by atoms with Crippen LogP contribution in [0, 0.1) is 6.92 Å². The molecule has 0 amide bonds. The third kappa shape index (κ3) is 3.31. The highest BCUT2D eigenvalue weighted by molar-refractivity contribution is 5.71. The SMILES string of the molecule is Cc1nnc2ccc(Oc3cc(C(F)(F)F)ccc3-c3ccncc3)nn12. The minimum atomic E-state index is -4.49. The number of ether oxygens (including phenoxy) is 1. The molecule has 0 saturated carbocycles. The largest absolute Gasteiger partial charge is 0.437 e. The first-order valence-corrected chi connectivity index (χ1v) is 7.90. The predicted molar refractivity (Wildman–Crippen MR) is 90.3 cm³/mol. The zero-order valence-electron chi connectivity index (χ0n) is 14.0. The van der Waals surface area contributed by atoms with Gasteiger partial charge in [0.25, 0.3) is 0 Å². The second kappa shape index (κ2) is 6.35. The summed E-state index contributed by atoms with van der Waals surface area (Å²) in [5.74, 6) is 0.697. The normalized spacial score (nSPS) is 11.7. The van der Waals surface area contributed by atoms with E-state index < -0.39 is 11.7 Å². The molecule has 9 heteroatoms. The van der Waals surface area contributed by atoms with Crippen molar-refractivity contribution in [2.45, 2.75) is 13.1 Å². The number of fused-ring (bicyclic) bond motifs is 1. The molecule has 0 radical (unpaired) electrons. The molecule has 0 fully saturated rings. The van der Waals surface area contributed by atoms with Crippen LogP contribution < -0.4 is 4.74 Å². The van der Waals surface area contributed by atoms with Crippen molar-refractivity contribution < 1.29 is 17.9 Å². The lowest BCUT2D eigenvalue weighted by molar-refractivity contribution is -0.137. The number of nitrogens with zero attached hydrogens (tertiary/aromatic N) is 5. The van der Waals surface area contributed by atoms with Crippen LogP contribution in [0.25, 0.3) is 16.8 Å². The fourth-order valence-electron chi connectivity index (χ4n) is 2.60. The number of rotatable bonds is 3. The van der Waals surface area contributed by atoms with E-state index in [2.05, 4.69) is 20.3 Å². The molecular weight excluding hydrogens is 359 g/mol. The van der Waals surface area contributed by atoms with Gasteiger partial charge < -0.3 is 4.74 Å². The molecular formula is C18H12F3N5O. The summed E-state index contributed by atoms with van der Waals surface area (Å²) in [5, 5.41) is 12.0. The van der Waals surface area contributed by atoms with Gasteiger partial charge in [-0.25, -0.2) is 0 Å². The van der Waals surface area contributed by atoms with Crippen molar-refractivity contribution in [3.8, 4) is 22.8 Å². The average Bonchev–Trinajstić information content (AvgIpc) is 3.02. The third-order valence-electron chi connectivity index (χ3n) is 3.91. The van der Waals surface area contributed by atoms with Crippen LogP contribution in [0.15, 0.2) is 54.9 Å². The summed E-state index contributed by atoms with van der Waals surface area (Å²) in [6.07, 6.45) is -1.37. The van der Waals surface area contributed by atoms with E-state index in [1.165, 1.54) is 16.6 Å². The Morgan fingerprint density at radius 2 is 1.74 bits per heavy atom. The zero-order valence-corrected chi connectivity index (χ0v) is 14.0. The Hall–Kier alpha value is -3.49. The van der Waals surface area contributed by atoms with Crippen molar-refractivity contribution in [1.82, 2.24) is 24.8 Å². The zero-order chi connectivity index (χ0) is 19.0. The highest BCUT2D eigenvalue weighted by atomic mass is 19.4. The van der Waals surface area contributed by atoms with Gasteiger partial charge in [-0.3, -0.25) is 4.98 Å². The topological polar surface area (TPSA) is 65.2 Å². The second-order valence-corrected chi connectivity index (χ2v) is 5.74. The van der Waals surface area contributed by atoms with Gasteiger partial charge in [0.05, 0.1) is 5.56 Å². The summed E-state index contributed by atoms with van der Waals surface area (Å²) in [6.45, 7) is 1.71. The van der Waals surface area contributed by atoms with Gasteiger partial charge in [0, 0.05) is 24.0 Å². The van der Waals surface area contributed by atoms with Crippen LogP contribution in [-0.2, 0) is 6.18 Å². The van der Waals surface area contributed by atoms with Gasteiger partial charge in [0.1, 0.15) is 5.75 Å². The van der Waals surface area contributed by atoms with Gasteiger partial charge in [-0.05, 0) is 42.8 Å². The van der Waals surface area contributed by atoms with E-state index in [4.69, 9.17) is 4.74 Å². The average molecular weight is 371 g/mol. The molecule has 0 spiro atoms. The molecule has 0 aliphatic carbocycles. The first kappa shape index (κ1) is 17.0. The van der Waals surface area contributed by atoms with Crippen molar-refractivity contribution in [3.63, 3.8) is 0 Å². The highest BCUT2D eigenvalue weighted by Gasteiger charge is 2.31. The van der Waals surface area contributed by atoms with E-state index in [-0.39, 0.29) is 11.6 Å². The summed E-state index contributed by atoms with van der Waals surface area (Å²) in [5.41, 5.74) is 0.873. The van der Waals surface area contributed by atoms with Gasteiger partial charge >= 0.3 is 6.18 Å². The van der Waals surface area contributed by atoms with Crippen LogP contribution in [0.1, 0.15) is 11.4 Å². The van der Waals surface area contributed by atoms with Crippen LogP contribution in [0.4, 0.5) is 13.2 Å². The summed E-state index contributed by atoms with van der Waals surface area (Å²) in [4.78, 5) is 3.93. The number of pyridine rings is 1. The van der Waals surface area contributed by atoms with Crippen LogP contribution >= 0.6 is 0 Å². The van der Waals surface area contributed by atoms with Crippen molar-refractivity contribution in [3.05, 3.63) is 66.2 Å². The summed E-state index contributed by atoms with van der Waals surface area (Å²) >= 11 is 0. The van der Waals surface area contributed by atoms with Gasteiger partial charge in [-0.15, -0.1) is 15.3 Å². The van der Waals surface area contributed by atoms with E-state index in [1.807, 2.05) is 0 Å². The van der Waals surface area contributed by atoms with E-state index in [0.29, 0.717) is 22.6 Å². The van der Waals surface area contributed by atoms with Crippen LogP contribution in [0.2, 0.25) is 0 Å². The predicted octanol–water partition coefficient (Wildman–Crippen LogP) is 4.31. The molecule has 0 aliphatic heterocycles. The molecule has 3 heterocycles. The maximum absolute atomic E-state index is 13.2. The Labute approximate surface area is 151 Å². The van der Waals surface area contributed by atoms with Gasteiger partial charge in [-0.2, -0.15) is 17.7 Å². The van der Waals surface area contributed by atoms with E-state index >= 15 is 0 Å². The first-order chi connectivity index (χ1) is 12.9. The molecule has 27 heavy (non-hydrogen) atoms. The fourth-order valence-corrected chi connectivity index (χ4v) is 2.60. The molecule has 1 aromatic carbocycles. The Morgan fingerprint density at radius 3 is 2.48 bits per heavy atom. The molecule has 0 saturated heterocycles. The third-order valence-corrected chi connectivity index (χ3v) is 3.91. The van der Waals surface area contributed by atoms with Crippen molar-refractivity contribution >= 4 is 5.65 Å². The molecule has 0 unspecified atom stereocenters. The Kier molecular flexibility index (Phi) is 3.98. The number of hydrogen-bond acceptors (Lipinski definition) is 5. The van der Waals surface area contributed by atoms with Gasteiger partial charge in [0.15, 0.2) is 11.5 Å². The molecule has 0 bridgehead atoms. The van der Waals surface area contributed by atoms with Gasteiger partial charge in [0.2, 0.25) is 5.88 Å². The second-order valence-electron chi connectivity index (χ2n) is 5.74. The van der Waals surface area contributed by atoms with Crippen LogP contribution in [-0.4, -0.2) is 24.8 Å². The van der Waals surface area contributed by atoms with E-state index in [1.54, 1.807) is 37.5 Å². The summed E-state index contributed by atoms with van der Waals surface area (Å²) < 4.78 is 46.7. The lowest BCUT2D eigenvalue weighted by Gasteiger charge is -2.14. The van der Waals surface area contributed by atoms with E-state index in [9.17, 15) is 13.2 Å². The minimum Gasteiger partial charge on any atom is -0.437 e. The Bertz CT molecular complexity index is 1110. The molecule has 4 aromatic rings. The molecule has 3 aromatic heterocycles. The quantitative estimate of drug-likeness (QED) is 0.537. The highest BCUT2D eigenvalue weighted by Crippen LogP contribution is 2.38. The number of hydrogen-bond donors (Lipinski definition) is 0. The maximum atomic E-state index is 13.2. The molecule has 0 aliphatic rings. The standard InChI is InChI=1S/C18H12F3N5O/c1-11-23-24-16-4-5-17(25-26(11)16)27-15-10-13(18(19,20)21)2-3-14(15)12-6-8-22-9-7-12/h2-10H,1H3. The van der Waals surface area contributed by atoms with Crippen LogP contribution in [0.5, 0.6) is 11.6 Å². The lowest BCUT2D eigenvalue weighted by Crippen LogP contribution is -2.05. The summed E-state index contributed by atoms with van der Waals surface area (Å²) in [6, 6.07) is 9.88. The van der Waals surface area contributed by atoms with E-state index in [0.717, 1.165) is 12.1 Å². The number of aromatic nitrogens is 5. The first-order valence-electron chi connectivity index (χ1n) is 7.90. The number of aryl methyl sites for hydroxylation is 1. The molecule has 136 valence electrons. The lowest BCUT2D eigenvalue weighted by atomic mass is 10.0. The minimum absolute atomic E-state index is 0.0357. The van der Waals surface area contributed by atoms with Crippen molar-refractivity contribution in [1.29, 1.82) is 0 Å². The van der Waals surface area contributed by atoms with Crippen molar-refractivity contribution in [2.24, 2.45) is 0 Å².